The predicted octanol–water partition coefficient (Wildman–Crippen LogP) is 6.71. The molecule has 6 nitrogen and oxygen atoms in total. The van der Waals surface area contributed by atoms with Gasteiger partial charge in [0.25, 0.3) is 0 Å². The van der Waals surface area contributed by atoms with E-state index >= 15 is 0 Å². The van der Waals surface area contributed by atoms with Crippen molar-refractivity contribution in [3.63, 3.8) is 0 Å². The van der Waals surface area contributed by atoms with Crippen LogP contribution >= 0.6 is 63.0 Å². The van der Waals surface area contributed by atoms with Crippen LogP contribution in [0.2, 0.25) is 15.1 Å². The Bertz CT molecular complexity index is 1270. The van der Waals surface area contributed by atoms with Crippen LogP contribution in [0.5, 0.6) is 0 Å². The zero-order valence-electron chi connectivity index (χ0n) is 16.4. The number of halogens is 4. The summed E-state index contributed by atoms with van der Waals surface area (Å²) in [5.41, 5.74) is 1.89. The SMILES string of the molecule is S=C(Nc1ccn(Cc2ccc(Cl)cc2Cl)n1)Nc1nn(Cc2ccccc2Cl)cc1Br. The van der Waals surface area contributed by atoms with Crippen LogP contribution in [0.15, 0.2) is 65.4 Å². The van der Waals surface area contributed by atoms with Gasteiger partial charge in [0.1, 0.15) is 0 Å². The molecule has 4 rings (SSSR count). The maximum Gasteiger partial charge on any atom is 0.177 e. The molecule has 0 saturated heterocycles. The van der Waals surface area contributed by atoms with E-state index in [2.05, 4.69) is 36.8 Å². The van der Waals surface area contributed by atoms with E-state index in [-0.39, 0.29) is 0 Å². The number of anilines is 2. The monoisotopic (exact) mass is 568 g/mol. The minimum atomic E-state index is 0.364. The standard InChI is InChI=1S/C21H16BrCl3N6S/c22-16-12-31(11-13-3-1-2-4-17(13)24)29-20(16)27-21(32)26-19-7-8-30(28-19)10-14-5-6-15(23)9-18(14)25/h1-9,12H,10-11H2,(H2,26,27,28,29,32). The summed E-state index contributed by atoms with van der Waals surface area (Å²) in [5, 5.41) is 17.4. The minimum Gasteiger partial charge on any atom is -0.316 e. The first-order valence-electron chi connectivity index (χ1n) is 9.39. The van der Waals surface area contributed by atoms with Crippen LogP contribution in [0.3, 0.4) is 0 Å². The van der Waals surface area contributed by atoms with Gasteiger partial charge in [0.2, 0.25) is 0 Å². The van der Waals surface area contributed by atoms with Crippen LogP contribution in [0.4, 0.5) is 11.6 Å². The third-order valence-electron chi connectivity index (χ3n) is 4.47. The summed E-state index contributed by atoms with van der Waals surface area (Å²) in [6.45, 7) is 1.05. The van der Waals surface area contributed by atoms with Gasteiger partial charge < -0.3 is 10.6 Å². The van der Waals surface area contributed by atoms with Gasteiger partial charge in [-0.1, -0.05) is 59.1 Å². The number of hydrogen-bond acceptors (Lipinski definition) is 3. The first-order valence-corrected chi connectivity index (χ1v) is 11.7. The Labute approximate surface area is 213 Å². The van der Waals surface area contributed by atoms with Gasteiger partial charge in [-0.15, -0.1) is 0 Å². The number of aromatic nitrogens is 4. The molecule has 2 N–H and O–H groups in total. The first kappa shape index (κ1) is 23.1. The van der Waals surface area contributed by atoms with E-state index in [9.17, 15) is 0 Å². The van der Waals surface area contributed by atoms with Crippen LogP contribution in [0.1, 0.15) is 11.1 Å². The molecule has 0 saturated carbocycles. The molecule has 0 aliphatic rings. The van der Waals surface area contributed by atoms with Gasteiger partial charge in [0.15, 0.2) is 16.7 Å². The van der Waals surface area contributed by atoms with E-state index in [4.69, 9.17) is 47.0 Å². The normalized spacial score (nSPS) is 10.9. The van der Waals surface area contributed by atoms with Gasteiger partial charge in [0.05, 0.1) is 17.6 Å². The smallest absolute Gasteiger partial charge is 0.177 e. The molecule has 2 aromatic heterocycles. The summed E-state index contributed by atoms with van der Waals surface area (Å²) in [6.07, 6.45) is 3.70. The van der Waals surface area contributed by atoms with Crippen molar-refractivity contribution in [2.75, 3.05) is 10.6 Å². The summed E-state index contributed by atoms with van der Waals surface area (Å²) in [5.74, 6) is 1.18. The molecule has 0 bridgehead atoms. The Morgan fingerprint density at radius 2 is 1.66 bits per heavy atom. The summed E-state index contributed by atoms with van der Waals surface area (Å²) >= 11 is 27.4. The Hall–Kier alpha value is -2.10. The lowest BCUT2D eigenvalue weighted by atomic mass is 10.2. The van der Waals surface area contributed by atoms with Crippen LogP contribution in [0.25, 0.3) is 0 Å². The van der Waals surface area contributed by atoms with Crippen molar-refractivity contribution in [2.24, 2.45) is 0 Å². The van der Waals surface area contributed by atoms with E-state index in [0.29, 0.717) is 44.9 Å². The lowest BCUT2D eigenvalue weighted by Crippen LogP contribution is -2.20. The van der Waals surface area contributed by atoms with E-state index in [0.717, 1.165) is 15.6 Å². The van der Waals surface area contributed by atoms with Gasteiger partial charge in [-0.05, 0) is 57.5 Å². The van der Waals surface area contributed by atoms with Crippen molar-refractivity contribution in [1.29, 1.82) is 0 Å². The highest BCUT2D eigenvalue weighted by Gasteiger charge is 2.11. The fourth-order valence-corrected chi connectivity index (χ4v) is 4.24. The summed E-state index contributed by atoms with van der Waals surface area (Å²) in [4.78, 5) is 0. The Kier molecular flexibility index (Phi) is 7.37. The predicted molar refractivity (Wildman–Crippen MR) is 138 cm³/mol. The molecule has 4 aromatic rings. The number of rotatable bonds is 6. The molecule has 32 heavy (non-hydrogen) atoms. The third-order valence-corrected chi connectivity index (χ3v) is 6.21. The van der Waals surface area contributed by atoms with Crippen molar-refractivity contribution < 1.29 is 0 Å². The Morgan fingerprint density at radius 1 is 0.906 bits per heavy atom. The van der Waals surface area contributed by atoms with Crippen molar-refractivity contribution in [3.8, 4) is 0 Å². The molecule has 0 aliphatic carbocycles. The Balaban J connectivity index is 1.37. The molecule has 2 heterocycles. The molecule has 0 fully saturated rings. The van der Waals surface area contributed by atoms with E-state index in [1.165, 1.54) is 0 Å². The summed E-state index contributed by atoms with van der Waals surface area (Å²) in [7, 11) is 0. The van der Waals surface area contributed by atoms with E-state index < -0.39 is 0 Å². The van der Waals surface area contributed by atoms with Crippen LogP contribution in [-0.4, -0.2) is 24.7 Å². The molecule has 2 aromatic carbocycles. The molecule has 0 amide bonds. The zero-order valence-corrected chi connectivity index (χ0v) is 21.1. The average molecular weight is 571 g/mol. The second kappa shape index (κ2) is 10.2. The van der Waals surface area contributed by atoms with Gasteiger partial charge in [-0.2, -0.15) is 10.2 Å². The average Bonchev–Trinajstić information content (AvgIpc) is 3.32. The van der Waals surface area contributed by atoms with Gasteiger partial charge in [-0.3, -0.25) is 9.36 Å². The Morgan fingerprint density at radius 3 is 2.44 bits per heavy atom. The maximum absolute atomic E-state index is 6.24. The molecule has 0 atom stereocenters. The van der Waals surface area contributed by atoms with E-state index in [1.807, 2.05) is 48.8 Å². The highest BCUT2D eigenvalue weighted by Crippen LogP contribution is 2.24. The number of nitrogens with one attached hydrogen (secondary N) is 2. The first-order chi connectivity index (χ1) is 15.4. The molecule has 11 heteroatoms. The highest BCUT2D eigenvalue weighted by molar-refractivity contribution is 9.10. The second-order valence-corrected chi connectivity index (χ2v) is 9.34. The van der Waals surface area contributed by atoms with Crippen LogP contribution in [0, 0.1) is 0 Å². The number of benzene rings is 2. The fraction of sp³-hybridized carbons (Fsp3) is 0.0952. The maximum atomic E-state index is 6.24. The van der Waals surface area contributed by atoms with Crippen molar-refractivity contribution in [2.45, 2.75) is 13.1 Å². The van der Waals surface area contributed by atoms with Gasteiger partial charge in [0, 0.05) is 33.5 Å². The van der Waals surface area contributed by atoms with Gasteiger partial charge >= 0.3 is 0 Å². The molecular weight excluding hydrogens is 555 g/mol. The number of nitrogens with zero attached hydrogens (tertiary/aromatic N) is 4. The topological polar surface area (TPSA) is 59.7 Å². The minimum absolute atomic E-state index is 0.364. The second-order valence-electron chi connectivity index (χ2n) is 6.83. The molecule has 0 spiro atoms. The molecule has 0 aliphatic heterocycles. The highest BCUT2D eigenvalue weighted by atomic mass is 79.9. The van der Waals surface area contributed by atoms with Crippen LogP contribution in [-0.2, 0) is 13.1 Å². The molecule has 0 unspecified atom stereocenters. The quantitative estimate of drug-likeness (QED) is 0.253. The molecular formula is C21H16BrCl3N6S. The third kappa shape index (κ3) is 5.82. The number of hydrogen-bond donors (Lipinski definition) is 2. The van der Waals surface area contributed by atoms with Crippen LogP contribution < -0.4 is 10.6 Å². The lowest BCUT2D eigenvalue weighted by molar-refractivity contribution is 0.689. The van der Waals surface area contributed by atoms with Crippen molar-refractivity contribution >= 4 is 79.7 Å². The van der Waals surface area contributed by atoms with Crippen molar-refractivity contribution in [3.05, 3.63) is 91.6 Å². The van der Waals surface area contributed by atoms with E-state index in [1.54, 1.807) is 21.5 Å². The molecule has 164 valence electrons. The fourth-order valence-electron chi connectivity index (χ4n) is 2.96. The summed E-state index contributed by atoms with van der Waals surface area (Å²) < 4.78 is 4.31. The molecule has 0 radical (unpaired) electrons. The summed E-state index contributed by atoms with van der Waals surface area (Å²) in [6, 6.07) is 14.9. The lowest BCUT2D eigenvalue weighted by Gasteiger charge is -2.07. The zero-order chi connectivity index (χ0) is 22.7. The van der Waals surface area contributed by atoms with Crippen molar-refractivity contribution in [1.82, 2.24) is 19.6 Å². The van der Waals surface area contributed by atoms with Gasteiger partial charge in [-0.25, -0.2) is 0 Å². The largest absolute Gasteiger partial charge is 0.316 e. The number of thiocarbonyl (C=S) groups is 1.